The average Bonchev–Trinajstić information content (AvgIpc) is 3.20. The molecule has 0 saturated carbocycles. The smallest absolute Gasteiger partial charge is 0.410 e. The van der Waals surface area contributed by atoms with Gasteiger partial charge in [-0.2, -0.15) is 5.10 Å². The summed E-state index contributed by atoms with van der Waals surface area (Å²) in [5, 5.41) is 14.4. The van der Waals surface area contributed by atoms with Crippen molar-refractivity contribution in [3.05, 3.63) is 30.1 Å². The molecular weight excluding hydrogens is 506 g/mol. The summed E-state index contributed by atoms with van der Waals surface area (Å²) >= 11 is 0. The lowest BCUT2D eigenvalue weighted by molar-refractivity contribution is -0.00463. The average molecular weight is 544 g/mol. The number of hydrogen-bond donors (Lipinski definition) is 3. The molecule has 206 valence electrons. The molecule has 0 unspecified atom stereocenters. The maximum absolute atomic E-state index is 13.0. The van der Waals surface area contributed by atoms with Gasteiger partial charge in [-0.15, -0.1) is 0 Å². The number of sulfone groups is 1. The monoisotopic (exact) mass is 543 g/mol. The van der Waals surface area contributed by atoms with E-state index in [1.165, 1.54) is 6.20 Å². The molecule has 4 rings (SSSR count). The lowest BCUT2D eigenvalue weighted by atomic mass is 9.90. The number of nitrogens with one attached hydrogen (secondary N) is 3. The highest BCUT2D eigenvalue weighted by Crippen LogP contribution is 2.32. The van der Waals surface area contributed by atoms with E-state index in [1.807, 2.05) is 45.6 Å². The number of likely N-dealkylation sites (tertiary alicyclic amines) is 1. The van der Waals surface area contributed by atoms with E-state index in [9.17, 15) is 13.2 Å². The Morgan fingerprint density at radius 1 is 1.21 bits per heavy atom. The second kappa shape index (κ2) is 10.4. The number of nitrogens with zero attached hydrogens (tertiary/aromatic N) is 4. The quantitative estimate of drug-likeness (QED) is 0.400. The van der Waals surface area contributed by atoms with Crippen molar-refractivity contribution in [1.29, 1.82) is 0 Å². The molecule has 0 bridgehead atoms. The molecule has 0 radical (unpaired) electrons. The summed E-state index contributed by atoms with van der Waals surface area (Å²) in [6.45, 7) is 11.6. The number of rotatable bonds is 6. The van der Waals surface area contributed by atoms with Crippen LogP contribution in [0.4, 0.5) is 22.2 Å². The SMILES string of the molecule is CC[C@H]1C[C@H](Nc2nc(Nc3cc(C)[nH]n3)cc3ncc(S(C)(=O)=O)cc23)C[C@@H](C)N1C(=O)OC(C)(C)C. The van der Waals surface area contributed by atoms with E-state index >= 15 is 0 Å². The van der Waals surface area contributed by atoms with Gasteiger partial charge in [-0.25, -0.2) is 18.2 Å². The fourth-order valence-corrected chi connectivity index (χ4v) is 5.41. The maximum Gasteiger partial charge on any atom is 0.410 e. The van der Waals surface area contributed by atoms with Gasteiger partial charge in [0.25, 0.3) is 0 Å². The van der Waals surface area contributed by atoms with E-state index in [-0.39, 0.29) is 29.1 Å². The summed E-state index contributed by atoms with van der Waals surface area (Å²) in [6, 6.07) is 5.14. The van der Waals surface area contributed by atoms with Crippen LogP contribution >= 0.6 is 0 Å². The van der Waals surface area contributed by atoms with Crippen LogP contribution in [0.25, 0.3) is 10.9 Å². The predicted octanol–water partition coefficient (Wildman–Crippen LogP) is 4.79. The van der Waals surface area contributed by atoms with Crippen molar-refractivity contribution in [3.63, 3.8) is 0 Å². The molecule has 3 N–H and O–H groups in total. The molecule has 0 aliphatic carbocycles. The number of carbonyl (C=O) groups excluding carboxylic acids is 1. The van der Waals surface area contributed by atoms with Gasteiger partial charge in [0.2, 0.25) is 0 Å². The first-order chi connectivity index (χ1) is 17.7. The van der Waals surface area contributed by atoms with Gasteiger partial charge in [-0.05, 0) is 59.9 Å². The Balaban J connectivity index is 1.67. The van der Waals surface area contributed by atoms with E-state index in [0.29, 0.717) is 41.2 Å². The molecule has 0 spiro atoms. The Hall–Kier alpha value is -3.41. The number of ether oxygens (including phenoxy) is 1. The lowest BCUT2D eigenvalue weighted by Gasteiger charge is -2.44. The standard InChI is InChI=1S/C26H37N7O4S/c1-8-18-11-17(10-16(3)33(18)25(34)37-26(4,5)6)28-24-20-12-19(38(7,35)36)14-27-21(20)13-22(30-24)29-23-9-15(2)31-32-23/h9,12-14,16-18H,8,10-11H2,1-7H3,(H3,28,29,30,31,32)/t16-,17-,18+/m1/s1. The van der Waals surface area contributed by atoms with Crippen LogP contribution in [0.15, 0.2) is 29.3 Å². The highest BCUT2D eigenvalue weighted by Gasteiger charge is 2.38. The number of piperidine rings is 1. The van der Waals surface area contributed by atoms with E-state index < -0.39 is 15.4 Å². The van der Waals surface area contributed by atoms with Crippen molar-refractivity contribution < 1.29 is 17.9 Å². The minimum atomic E-state index is -3.46. The molecule has 1 aliphatic heterocycles. The zero-order valence-corrected chi connectivity index (χ0v) is 23.8. The number of pyridine rings is 2. The number of carbonyl (C=O) groups is 1. The Labute approximate surface area is 223 Å². The second-order valence-corrected chi connectivity index (χ2v) is 13.1. The van der Waals surface area contributed by atoms with Crippen LogP contribution in [0.3, 0.4) is 0 Å². The zero-order valence-electron chi connectivity index (χ0n) is 23.0. The van der Waals surface area contributed by atoms with Crippen LogP contribution in [0.1, 0.15) is 59.6 Å². The minimum Gasteiger partial charge on any atom is -0.444 e. The van der Waals surface area contributed by atoms with Crippen LogP contribution in [-0.4, -0.2) is 69.6 Å². The van der Waals surface area contributed by atoms with Gasteiger partial charge in [0.05, 0.1) is 10.4 Å². The third-order valence-corrected chi connectivity index (χ3v) is 7.59. The van der Waals surface area contributed by atoms with Crippen molar-refractivity contribution in [2.45, 2.75) is 89.4 Å². The Kier molecular flexibility index (Phi) is 7.55. The first-order valence-electron chi connectivity index (χ1n) is 12.8. The maximum atomic E-state index is 13.0. The van der Waals surface area contributed by atoms with Crippen LogP contribution in [-0.2, 0) is 14.6 Å². The number of amides is 1. The molecule has 1 fully saturated rings. The number of fused-ring (bicyclic) bond motifs is 1. The number of aromatic amines is 1. The minimum absolute atomic E-state index is 0.00546. The predicted molar refractivity (Wildman–Crippen MR) is 148 cm³/mol. The van der Waals surface area contributed by atoms with E-state index in [1.54, 1.807) is 12.1 Å². The highest BCUT2D eigenvalue weighted by atomic mass is 32.2. The summed E-state index contributed by atoms with van der Waals surface area (Å²) in [4.78, 5) is 24.2. The summed E-state index contributed by atoms with van der Waals surface area (Å²) in [5.41, 5.74) is 0.923. The molecular formula is C26H37N7O4S. The first kappa shape index (κ1) is 27.6. The fraction of sp³-hybridized carbons (Fsp3) is 0.538. The van der Waals surface area contributed by atoms with Crippen LogP contribution in [0.2, 0.25) is 0 Å². The van der Waals surface area contributed by atoms with Crippen LogP contribution in [0, 0.1) is 6.92 Å². The molecule has 3 aromatic heterocycles. The third-order valence-electron chi connectivity index (χ3n) is 6.51. The molecule has 3 atom stereocenters. The molecule has 1 amide bonds. The van der Waals surface area contributed by atoms with Crippen molar-refractivity contribution >= 4 is 44.3 Å². The molecule has 0 aromatic carbocycles. The number of aromatic nitrogens is 4. The number of anilines is 3. The molecule has 1 saturated heterocycles. The Morgan fingerprint density at radius 2 is 1.95 bits per heavy atom. The van der Waals surface area contributed by atoms with Crippen LogP contribution in [0.5, 0.6) is 0 Å². The van der Waals surface area contributed by atoms with Crippen LogP contribution < -0.4 is 10.6 Å². The molecule has 11 nitrogen and oxygen atoms in total. The molecule has 4 heterocycles. The van der Waals surface area contributed by atoms with Crippen molar-refractivity contribution in [2.75, 3.05) is 16.9 Å². The summed E-state index contributed by atoms with van der Waals surface area (Å²) in [6.07, 6.45) is 4.36. The van der Waals surface area contributed by atoms with Gasteiger partial charge in [-0.3, -0.25) is 10.1 Å². The first-order valence-corrected chi connectivity index (χ1v) is 14.7. The van der Waals surface area contributed by atoms with Crippen molar-refractivity contribution in [1.82, 2.24) is 25.1 Å². The third kappa shape index (κ3) is 6.35. The Morgan fingerprint density at radius 3 is 2.55 bits per heavy atom. The van der Waals surface area contributed by atoms with E-state index in [2.05, 4.69) is 32.7 Å². The number of aryl methyl sites for hydroxylation is 1. The second-order valence-electron chi connectivity index (χ2n) is 11.0. The van der Waals surface area contributed by atoms with Gasteiger partial charge in [0.15, 0.2) is 15.7 Å². The normalized spacial score (nSPS) is 20.4. The van der Waals surface area contributed by atoms with Gasteiger partial charge in [0, 0.05) is 53.8 Å². The van der Waals surface area contributed by atoms with Gasteiger partial charge >= 0.3 is 6.09 Å². The van der Waals surface area contributed by atoms with Crippen molar-refractivity contribution in [3.8, 4) is 0 Å². The Bertz CT molecular complexity index is 1430. The highest BCUT2D eigenvalue weighted by molar-refractivity contribution is 7.90. The largest absolute Gasteiger partial charge is 0.444 e. The number of H-pyrrole nitrogens is 1. The fourth-order valence-electron chi connectivity index (χ4n) is 4.84. The summed E-state index contributed by atoms with van der Waals surface area (Å²) in [7, 11) is -3.46. The molecule has 3 aromatic rings. The van der Waals surface area contributed by atoms with Gasteiger partial charge in [-0.1, -0.05) is 6.92 Å². The van der Waals surface area contributed by atoms with E-state index in [4.69, 9.17) is 9.72 Å². The van der Waals surface area contributed by atoms with Gasteiger partial charge < -0.3 is 20.3 Å². The molecule has 1 aliphatic rings. The lowest BCUT2D eigenvalue weighted by Crippen LogP contribution is -2.54. The van der Waals surface area contributed by atoms with Gasteiger partial charge in [0.1, 0.15) is 17.2 Å². The van der Waals surface area contributed by atoms with Crippen molar-refractivity contribution in [2.24, 2.45) is 0 Å². The summed E-state index contributed by atoms with van der Waals surface area (Å²) < 4.78 is 30.2. The summed E-state index contributed by atoms with van der Waals surface area (Å²) in [5.74, 6) is 1.66. The van der Waals surface area contributed by atoms with E-state index in [0.717, 1.165) is 18.4 Å². The topological polar surface area (TPSA) is 142 Å². The zero-order chi connectivity index (χ0) is 27.8. The number of hydrogen-bond acceptors (Lipinski definition) is 9. The molecule has 38 heavy (non-hydrogen) atoms. The molecule has 12 heteroatoms.